The number of methoxy groups -OCH3 is 1. The Balaban J connectivity index is 2.41. The average Bonchev–Trinajstić information content (AvgIpc) is 2.94. The molecule has 0 atom stereocenters. The molecule has 0 saturated heterocycles. The summed E-state index contributed by atoms with van der Waals surface area (Å²) >= 11 is 4.79. The highest BCUT2D eigenvalue weighted by atomic mass is 79.9. The first-order valence-corrected chi connectivity index (χ1v) is 9.14. The van der Waals surface area contributed by atoms with Crippen molar-refractivity contribution in [2.45, 2.75) is 11.4 Å². The lowest BCUT2D eigenvalue weighted by atomic mass is 10.3. The molecule has 8 heteroatoms. The van der Waals surface area contributed by atoms with E-state index >= 15 is 0 Å². The molecule has 1 aromatic carbocycles. The second kappa shape index (κ2) is 6.35. The molecule has 2 rings (SSSR count). The first-order chi connectivity index (χ1) is 9.86. The highest BCUT2D eigenvalue weighted by molar-refractivity contribution is 9.10. The summed E-state index contributed by atoms with van der Waals surface area (Å²) in [5, 5.41) is 3.83. The Morgan fingerprint density at radius 3 is 2.71 bits per heavy atom. The predicted octanol–water partition coefficient (Wildman–Crippen LogP) is 2.92. The number of nitrogens with zero attached hydrogens (tertiary/aromatic N) is 1. The quantitative estimate of drug-likeness (QED) is 0.796. The number of anilines is 1. The second-order valence-corrected chi connectivity index (χ2v) is 8.06. The molecule has 0 fully saturated rings. The summed E-state index contributed by atoms with van der Waals surface area (Å²) in [7, 11) is -0.726. The summed E-state index contributed by atoms with van der Waals surface area (Å²) in [5.74, 6) is 0.258. The van der Waals surface area contributed by atoms with Crippen LogP contribution in [0.2, 0.25) is 0 Å². The van der Waals surface area contributed by atoms with Crippen LogP contribution in [-0.4, -0.2) is 26.9 Å². The molecule has 0 aliphatic heterocycles. The zero-order valence-corrected chi connectivity index (χ0v) is 14.8. The van der Waals surface area contributed by atoms with E-state index in [0.29, 0.717) is 16.7 Å². The summed E-state index contributed by atoms with van der Waals surface area (Å²) in [6.45, 7) is 0.297. The van der Waals surface area contributed by atoms with Gasteiger partial charge in [-0.2, -0.15) is 15.6 Å². The number of halogens is 1. The van der Waals surface area contributed by atoms with Crippen LogP contribution in [0.25, 0.3) is 0 Å². The maximum Gasteiger partial charge on any atom is 0.246 e. The van der Waals surface area contributed by atoms with Crippen molar-refractivity contribution in [2.75, 3.05) is 19.9 Å². The molecule has 0 spiro atoms. The molecule has 2 aromatic rings. The largest absolute Gasteiger partial charge is 0.495 e. The molecule has 0 aliphatic carbocycles. The van der Waals surface area contributed by atoms with E-state index in [4.69, 9.17) is 10.5 Å². The van der Waals surface area contributed by atoms with E-state index in [-0.39, 0.29) is 10.6 Å². The Hall–Kier alpha value is -1.09. The number of thiophene rings is 1. The molecule has 0 bridgehead atoms. The van der Waals surface area contributed by atoms with Crippen molar-refractivity contribution in [1.29, 1.82) is 0 Å². The first-order valence-electron chi connectivity index (χ1n) is 5.96. The third-order valence-electron chi connectivity index (χ3n) is 2.96. The Morgan fingerprint density at radius 2 is 2.14 bits per heavy atom. The number of sulfonamides is 1. The molecular formula is C13H15BrN2O3S2. The highest BCUT2D eigenvalue weighted by Crippen LogP contribution is 2.34. The lowest BCUT2D eigenvalue weighted by molar-refractivity contribution is 0.397. The van der Waals surface area contributed by atoms with Gasteiger partial charge in [0.25, 0.3) is 0 Å². The van der Waals surface area contributed by atoms with Crippen molar-refractivity contribution < 1.29 is 13.2 Å². The van der Waals surface area contributed by atoms with E-state index < -0.39 is 10.0 Å². The van der Waals surface area contributed by atoms with E-state index in [1.807, 2.05) is 16.8 Å². The fraction of sp³-hybridized carbons (Fsp3) is 0.231. The molecule has 0 unspecified atom stereocenters. The van der Waals surface area contributed by atoms with E-state index in [2.05, 4.69) is 15.9 Å². The average molecular weight is 391 g/mol. The van der Waals surface area contributed by atoms with Gasteiger partial charge in [0.2, 0.25) is 10.0 Å². The van der Waals surface area contributed by atoms with E-state index in [1.165, 1.54) is 35.9 Å². The first kappa shape index (κ1) is 16.3. The van der Waals surface area contributed by atoms with Crippen molar-refractivity contribution in [2.24, 2.45) is 0 Å². The smallest absolute Gasteiger partial charge is 0.246 e. The maximum absolute atomic E-state index is 12.7. The Morgan fingerprint density at radius 1 is 1.43 bits per heavy atom. The van der Waals surface area contributed by atoms with Gasteiger partial charge in [0.15, 0.2) is 0 Å². The van der Waals surface area contributed by atoms with Gasteiger partial charge < -0.3 is 10.5 Å². The molecule has 1 aromatic heterocycles. The monoisotopic (exact) mass is 390 g/mol. The number of rotatable bonds is 5. The van der Waals surface area contributed by atoms with Crippen LogP contribution in [0, 0.1) is 0 Å². The van der Waals surface area contributed by atoms with Crippen LogP contribution in [0.15, 0.2) is 38.3 Å². The van der Waals surface area contributed by atoms with Crippen LogP contribution in [0.5, 0.6) is 5.75 Å². The fourth-order valence-corrected chi connectivity index (χ4v) is 4.11. The minimum atomic E-state index is -3.68. The van der Waals surface area contributed by atoms with Crippen LogP contribution in [0.4, 0.5) is 5.69 Å². The van der Waals surface area contributed by atoms with Crippen LogP contribution in [0.3, 0.4) is 0 Å². The summed E-state index contributed by atoms with van der Waals surface area (Å²) < 4.78 is 32.4. The van der Waals surface area contributed by atoms with Crippen molar-refractivity contribution in [3.63, 3.8) is 0 Å². The molecule has 0 aliphatic rings. The Labute approximate surface area is 136 Å². The molecule has 1 heterocycles. The van der Waals surface area contributed by atoms with Gasteiger partial charge >= 0.3 is 0 Å². The molecule has 0 radical (unpaired) electrons. The normalized spacial score (nSPS) is 11.8. The standard InChI is InChI=1S/C13H15BrN2O3S2/c1-16(7-9-3-4-20-8-9)21(17,18)13-6-11(15)10(14)5-12(13)19-2/h3-6,8H,7,15H2,1-2H3. The van der Waals surface area contributed by atoms with Crippen molar-refractivity contribution >= 4 is 43.0 Å². The van der Waals surface area contributed by atoms with Gasteiger partial charge in [-0.25, -0.2) is 8.42 Å². The zero-order chi connectivity index (χ0) is 15.6. The zero-order valence-electron chi connectivity index (χ0n) is 11.5. The van der Waals surface area contributed by atoms with Crippen LogP contribution in [0.1, 0.15) is 5.56 Å². The number of benzene rings is 1. The molecule has 114 valence electrons. The van der Waals surface area contributed by atoms with Gasteiger partial charge in [-0.15, -0.1) is 0 Å². The van der Waals surface area contributed by atoms with E-state index in [9.17, 15) is 8.42 Å². The van der Waals surface area contributed by atoms with Crippen LogP contribution >= 0.6 is 27.3 Å². The number of nitrogen functional groups attached to an aromatic ring is 1. The van der Waals surface area contributed by atoms with Gasteiger partial charge in [0.05, 0.1) is 7.11 Å². The Kier molecular flexibility index (Phi) is 4.92. The number of hydrogen-bond acceptors (Lipinski definition) is 5. The molecular weight excluding hydrogens is 376 g/mol. The van der Waals surface area contributed by atoms with Crippen molar-refractivity contribution in [3.05, 3.63) is 39.0 Å². The second-order valence-electron chi connectivity index (χ2n) is 4.42. The Bertz CT molecular complexity index is 730. The minimum Gasteiger partial charge on any atom is -0.495 e. The topological polar surface area (TPSA) is 72.6 Å². The third-order valence-corrected chi connectivity index (χ3v) is 6.20. The van der Waals surface area contributed by atoms with Gasteiger partial charge in [-0.3, -0.25) is 0 Å². The summed E-state index contributed by atoms with van der Waals surface area (Å²) in [5.41, 5.74) is 7.08. The van der Waals surface area contributed by atoms with Gasteiger partial charge in [0, 0.05) is 23.8 Å². The molecule has 0 amide bonds. The van der Waals surface area contributed by atoms with E-state index in [0.717, 1.165) is 5.56 Å². The van der Waals surface area contributed by atoms with Gasteiger partial charge in [0.1, 0.15) is 10.6 Å². The van der Waals surface area contributed by atoms with Crippen molar-refractivity contribution in [3.8, 4) is 5.75 Å². The summed E-state index contributed by atoms with van der Waals surface area (Å²) in [6.07, 6.45) is 0. The van der Waals surface area contributed by atoms with Gasteiger partial charge in [-0.1, -0.05) is 0 Å². The molecule has 5 nitrogen and oxygen atoms in total. The minimum absolute atomic E-state index is 0.0587. The highest BCUT2D eigenvalue weighted by Gasteiger charge is 2.26. The number of hydrogen-bond donors (Lipinski definition) is 1. The molecule has 21 heavy (non-hydrogen) atoms. The van der Waals surface area contributed by atoms with Crippen LogP contribution < -0.4 is 10.5 Å². The molecule has 2 N–H and O–H groups in total. The maximum atomic E-state index is 12.7. The van der Waals surface area contributed by atoms with E-state index in [1.54, 1.807) is 6.07 Å². The summed E-state index contributed by atoms with van der Waals surface area (Å²) in [4.78, 5) is 0.0587. The lowest BCUT2D eigenvalue weighted by Gasteiger charge is -2.19. The lowest BCUT2D eigenvalue weighted by Crippen LogP contribution is -2.26. The third kappa shape index (κ3) is 3.39. The van der Waals surface area contributed by atoms with Crippen molar-refractivity contribution in [1.82, 2.24) is 4.31 Å². The SMILES string of the molecule is COc1cc(Br)c(N)cc1S(=O)(=O)N(C)Cc1ccsc1. The number of ether oxygens (including phenoxy) is 1. The van der Waals surface area contributed by atoms with Gasteiger partial charge in [-0.05, 0) is 50.5 Å². The number of nitrogens with two attached hydrogens (primary N) is 1. The summed E-state index contributed by atoms with van der Waals surface area (Å²) in [6, 6.07) is 4.85. The fourth-order valence-electron chi connectivity index (χ4n) is 1.80. The molecule has 0 saturated carbocycles. The van der Waals surface area contributed by atoms with Crippen LogP contribution in [-0.2, 0) is 16.6 Å². The predicted molar refractivity (Wildman–Crippen MR) is 88.1 cm³/mol.